The number of aliphatic hydroxyl groups excluding tert-OH is 2. The van der Waals surface area contributed by atoms with Gasteiger partial charge in [-0.2, -0.15) is 0 Å². The molecule has 13 heteroatoms. The number of aliphatic carboxylic acids is 3. The van der Waals surface area contributed by atoms with E-state index in [9.17, 15) is 24.6 Å². The highest BCUT2D eigenvalue weighted by Gasteiger charge is 2.19. The number of hydrogen-bond acceptors (Lipinski definition) is 10. The second-order valence-corrected chi connectivity index (χ2v) is 6.54. The van der Waals surface area contributed by atoms with Gasteiger partial charge in [0.25, 0.3) is 0 Å². The standard InChI is InChI=1S/C16H33N5O8/c1-17-12(22)7-20(10-15(26)27)5-3-19(9-14(24)25)4-6-21(11-16(28)29)8-13(23)18-2/h12-13,17-18,22-23H,3-11H2,1-2H3,(H,24,25)(H,26,27)(H,28,29). The van der Waals surface area contributed by atoms with Crippen LogP contribution in [0.25, 0.3) is 0 Å². The SMILES string of the molecule is CNC(O)CN(CCN(CCN(CC(=O)O)CC(O)NC)CC(=O)O)CC(=O)O. The van der Waals surface area contributed by atoms with Gasteiger partial charge in [-0.3, -0.25) is 39.7 Å². The van der Waals surface area contributed by atoms with E-state index in [1.165, 1.54) is 23.9 Å². The highest BCUT2D eigenvalue weighted by molar-refractivity contribution is 5.69. The molecule has 0 aromatic carbocycles. The van der Waals surface area contributed by atoms with Crippen LogP contribution in [-0.4, -0.2) is 144 Å². The molecule has 170 valence electrons. The molecule has 0 aliphatic heterocycles. The predicted molar refractivity (Wildman–Crippen MR) is 102 cm³/mol. The van der Waals surface area contributed by atoms with Crippen molar-refractivity contribution in [3.05, 3.63) is 0 Å². The van der Waals surface area contributed by atoms with E-state index in [2.05, 4.69) is 10.6 Å². The van der Waals surface area contributed by atoms with Crippen LogP contribution in [0.3, 0.4) is 0 Å². The summed E-state index contributed by atoms with van der Waals surface area (Å²) < 4.78 is 0. The van der Waals surface area contributed by atoms with Crippen molar-refractivity contribution in [1.82, 2.24) is 25.3 Å². The van der Waals surface area contributed by atoms with E-state index in [0.29, 0.717) is 0 Å². The molecule has 29 heavy (non-hydrogen) atoms. The van der Waals surface area contributed by atoms with Gasteiger partial charge >= 0.3 is 17.9 Å². The number of rotatable bonds is 18. The van der Waals surface area contributed by atoms with Crippen molar-refractivity contribution in [2.45, 2.75) is 12.5 Å². The van der Waals surface area contributed by atoms with Gasteiger partial charge < -0.3 is 25.5 Å². The first kappa shape index (κ1) is 27.1. The van der Waals surface area contributed by atoms with Crippen molar-refractivity contribution in [2.75, 3.05) is 73.0 Å². The zero-order chi connectivity index (χ0) is 22.4. The molecular weight excluding hydrogens is 390 g/mol. The fraction of sp³-hybridized carbons (Fsp3) is 0.812. The van der Waals surface area contributed by atoms with E-state index < -0.39 is 30.4 Å². The van der Waals surface area contributed by atoms with Gasteiger partial charge in [-0.05, 0) is 14.1 Å². The van der Waals surface area contributed by atoms with E-state index in [1.54, 1.807) is 4.90 Å². The van der Waals surface area contributed by atoms with Crippen LogP contribution in [0.5, 0.6) is 0 Å². The maximum absolute atomic E-state index is 11.1. The lowest BCUT2D eigenvalue weighted by Gasteiger charge is -2.29. The second kappa shape index (κ2) is 15.0. The van der Waals surface area contributed by atoms with Crippen LogP contribution in [0.2, 0.25) is 0 Å². The summed E-state index contributed by atoms with van der Waals surface area (Å²) in [5, 5.41) is 51.7. The minimum absolute atomic E-state index is 0.0449. The normalized spacial score (nSPS) is 13.8. The Bertz CT molecular complexity index is 474. The molecule has 0 heterocycles. The van der Waals surface area contributed by atoms with Crippen LogP contribution in [0.1, 0.15) is 0 Å². The van der Waals surface area contributed by atoms with Crippen LogP contribution in [0, 0.1) is 0 Å². The number of carboxylic acid groups (broad SMARTS) is 3. The smallest absolute Gasteiger partial charge is 0.317 e. The lowest BCUT2D eigenvalue weighted by atomic mass is 10.3. The van der Waals surface area contributed by atoms with Crippen molar-refractivity contribution in [3.8, 4) is 0 Å². The van der Waals surface area contributed by atoms with Crippen LogP contribution in [-0.2, 0) is 14.4 Å². The fourth-order valence-corrected chi connectivity index (χ4v) is 2.55. The molecule has 13 nitrogen and oxygen atoms in total. The van der Waals surface area contributed by atoms with Gasteiger partial charge in [-0.1, -0.05) is 0 Å². The molecule has 2 unspecified atom stereocenters. The Morgan fingerprint density at radius 2 is 0.931 bits per heavy atom. The van der Waals surface area contributed by atoms with E-state index in [-0.39, 0.29) is 58.9 Å². The van der Waals surface area contributed by atoms with Gasteiger partial charge in [0.1, 0.15) is 12.5 Å². The zero-order valence-electron chi connectivity index (χ0n) is 16.8. The second-order valence-electron chi connectivity index (χ2n) is 6.54. The third kappa shape index (κ3) is 14.7. The summed E-state index contributed by atoms with van der Waals surface area (Å²) in [6.07, 6.45) is -1.87. The zero-order valence-corrected chi connectivity index (χ0v) is 16.8. The van der Waals surface area contributed by atoms with Crippen LogP contribution in [0.4, 0.5) is 0 Å². The highest BCUT2D eigenvalue weighted by atomic mass is 16.4. The summed E-state index contributed by atoms with van der Waals surface area (Å²) in [4.78, 5) is 37.6. The molecule has 0 spiro atoms. The summed E-state index contributed by atoms with van der Waals surface area (Å²) in [5.74, 6) is -3.23. The molecule has 0 bridgehead atoms. The third-order valence-corrected chi connectivity index (χ3v) is 4.07. The van der Waals surface area contributed by atoms with Crippen molar-refractivity contribution in [1.29, 1.82) is 0 Å². The molecule has 0 aliphatic carbocycles. The van der Waals surface area contributed by atoms with E-state index in [1.807, 2.05) is 0 Å². The Morgan fingerprint density at radius 3 is 1.21 bits per heavy atom. The van der Waals surface area contributed by atoms with Gasteiger partial charge in [0, 0.05) is 39.3 Å². The van der Waals surface area contributed by atoms with Gasteiger partial charge in [-0.15, -0.1) is 0 Å². The minimum atomic E-state index is -1.08. The molecular formula is C16H33N5O8. The number of hydrogen-bond donors (Lipinski definition) is 7. The van der Waals surface area contributed by atoms with E-state index >= 15 is 0 Å². The summed E-state index contributed by atoms with van der Waals surface area (Å²) in [6.45, 7) is -0.0838. The maximum Gasteiger partial charge on any atom is 0.317 e. The summed E-state index contributed by atoms with van der Waals surface area (Å²) in [6, 6.07) is 0. The number of aliphatic hydroxyl groups is 2. The molecule has 0 aliphatic rings. The van der Waals surface area contributed by atoms with Gasteiger partial charge in [0.05, 0.1) is 19.6 Å². The van der Waals surface area contributed by atoms with Gasteiger partial charge in [0.2, 0.25) is 0 Å². The van der Waals surface area contributed by atoms with Crippen molar-refractivity contribution < 1.29 is 39.9 Å². The predicted octanol–water partition coefficient (Wildman–Crippen LogP) is -3.78. The number of carbonyl (C=O) groups is 3. The Balaban J connectivity index is 4.91. The average molecular weight is 423 g/mol. The lowest BCUT2D eigenvalue weighted by Crippen LogP contribution is -2.48. The Morgan fingerprint density at radius 1 is 0.655 bits per heavy atom. The number of carboxylic acids is 3. The molecule has 0 amide bonds. The summed E-state index contributed by atoms with van der Waals surface area (Å²) in [7, 11) is 3.05. The highest BCUT2D eigenvalue weighted by Crippen LogP contribution is 1.98. The Kier molecular flexibility index (Phi) is 14.1. The first-order chi connectivity index (χ1) is 13.6. The average Bonchev–Trinajstić information content (AvgIpc) is 2.61. The molecule has 0 radical (unpaired) electrons. The minimum Gasteiger partial charge on any atom is -0.480 e. The molecule has 2 atom stereocenters. The van der Waals surface area contributed by atoms with Crippen molar-refractivity contribution >= 4 is 17.9 Å². The number of likely N-dealkylation sites (N-methyl/N-ethyl adjacent to an activating group) is 2. The molecule has 0 aromatic heterocycles. The van der Waals surface area contributed by atoms with Crippen LogP contribution < -0.4 is 10.6 Å². The topological polar surface area (TPSA) is 186 Å². The third-order valence-electron chi connectivity index (χ3n) is 4.07. The molecule has 0 rings (SSSR count). The number of nitrogens with one attached hydrogen (secondary N) is 2. The van der Waals surface area contributed by atoms with Crippen LogP contribution >= 0.6 is 0 Å². The first-order valence-electron chi connectivity index (χ1n) is 9.10. The lowest BCUT2D eigenvalue weighted by molar-refractivity contribution is -0.140. The largest absolute Gasteiger partial charge is 0.480 e. The van der Waals surface area contributed by atoms with Crippen molar-refractivity contribution in [3.63, 3.8) is 0 Å². The maximum atomic E-state index is 11.1. The quantitative estimate of drug-likeness (QED) is 0.107. The van der Waals surface area contributed by atoms with E-state index in [0.717, 1.165) is 0 Å². The number of nitrogens with zero attached hydrogens (tertiary/aromatic N) is 3. The molecule has 7 N–H and O–H groups in total. The molecule has 0 saturated heterocycles. The summed E-state index contributed by atoms with van der Waals surface area (Å²) >= 11 is 0. The Labute approximate surface area is 169 Å². The van der Waals surface area contributed by atoms with Gasteiger partial charge in [-0.25, -0.2) is 0 Å². The first-order valence-corrected chi connectivity index (χ1v) is 9.10. The molecule has 0 aromatic rings. The molecule has 0 saturated carbocycles. The van der Waals surface area contributed by atoms with Gasteiger partial charge in [0.15, 0.2) is 0 Å². The molecule has 0 fully saturated rings. The summed E-state index contributed by atoms with van der Waals surface area (Å²) in [5.41, 5.74) is 0. The fourth-order valence-electron chi connectivity index (χ4n) is 2.55. The van der Waals surface area contributed by atoms with E-state index in [4.69, 9.17) is 15.3 Å². The van der Waals surface area contributed by atoms with Crippen molar-refractivity contribution in [2.24, 2.45) is 0 Å². The monoisotopic (exact) mass is 423 g/mol. The Hall–Kier alpha value is -1.87. The van der Waals surface area contributed by atoms with Crippen LogP contribution in [0.15, 0.2) is 0 Å².